The van der Waals surface area contributed by atoms with Crippen molar-refractivity contribution in [3.05, 3.63) is 53.0 Å². The minimum absolute atomic E-state index is 0.165. The number of benzene rings is 2. The molecule has 0 amide bonds. The molecule has 0 atom stereocenters. The fourth-order valence-corrected chi connectivity index (χ4v) is 3.66. The quantitative estimate of drug-likeness (QED) is 0.665. The van der Waals surface area contributed by atoms with Crippen LogP contribution in [0, 0.1) is 11.3 Å². The van der Waals surface area contributed by atoms with Crippen LogP contribution in [-0.4, -0.2) is 23.2 Å². The number of phenols is 1. The molecule has 1 N–H and O–H groups in total. The average Bonchev–Trinajstić information content (AvgIpc) is 3.06. The molecule has 0 aliphatic rings. The monoisotopic (exact) mass is 349 g/mol. The number of aromatic nitrogens is 1. The molecule has 25 heavy (non-hydrogen) atoms. The van der Waals surface area contributed by atoms with Gasteiger partial charge in [0.1, 0.15) is 16.8 Å². The molecule has 4 nitrogen and oxygen atoms in total. The smallest absolute Gasteiger partial charge is 0.135 e. The van der Waals surface area contributed by atoms with Crippen molar-refractivity contribution < 1.29 is 5.11 Å². The van der Waals surface area contributed by atoms with E-state index in [0.29, 0.717) is 16.1 Å². The van der Waals surface area contributed by atoms with E-state index in [1.54, 1.807) is 12.1 Å². The van der Waals surface area contributed by atoms with Crippen LogP contribution in [0.15, 0.2) is 42.5 Å². The van der Waals surface area contributed by atoms with Crippen LogP contribution in [0.5, 0.6) is 5.75 Å². The van der Waals surface area contributed by atoms with Gasteiger partial charge in [0.25, 0.3) is 0 Å². The van der Waals surface area contributed by atoms with Gasteiger partial charge in [-0.15, -0.1) is 11.3 Å². The van der Waals surface area contributed by atoms with Gasteiger partial charge in [-0.2, -0.15) is 5.26 Å². The minimum Gasteiger partial charge on any atom is -0.507 e. The van der Waals surface area contributed by atoms with Crippen LogP contribution in [-0.2, 0) is 0 Å². The molecule has 126 valence electrons. The van der Waals surface area contributed by atoms with Crippen molar-refractivity contribution in [1.29, 1.82) is 5.26 Å². The number of nitrogens with zero attached hydrogens (tertiary/aromatic N) is 3. The molecule has 0 aliphatic carbocycles. The third-order valence-corrected chi connectivity index (χ3v) is 5.16. The number of allylic oxidation sites excluding steroid dienone is 1. The van der Waals surface area contributed by atoms with Crippen molar-refractivity contribution in [2.75, 3.05) is 18.0 Å². The van der Waals surface area contributed by atoms with Crippen LogP contribution < -0.4 is 4.90 Å². The van der Waals surface area contributed by atoms with Gasteiger partial charge in [0.2, 0.25) is 0 Å². The van der Waals surface area contributed by atoms with E-state index in [4.69, 9.17) is 0 Å². The number of rotatable bonds is 5. The Hall–Kier alpha value is -2.84. The Morgan fingerprint density at radius 2 is 2.00 bits per heavy atom. The normalized spacial score (nSPS) is 11.5. The zero-order valence-corrected chi connectivity index (χ0v) is 15.0. The molecule has 0 fully saturated rings. The third kappa shape index (κ3) is 3.49. The van der Waals surface area contributed by atoms with Crippen molar-refractivity contribution in [2.45, 2.75) is 13.8 Å². The highest BCUT2D eigenvalue weighted by Gasteiger charge is 2.11. The van der Waals surface area contributed by atoms with Crippen LogP contribution in [0.25, 0.3) is 21.9 Å². The number of hydrogen-bond acceptors (Lipinski definition) is 5. The van der Waals surface area contributed by atoms with Gasteiger partial charge in [0.05, 0.1) is 15.8 Å². The Morgan fingerprint density at radius 1 is 1.24 bits per heavy atom. The van der Waals surface area contributed by atoms with Crippen LogP contribution in [0.4, 0.5) is 5.69 Å². The van der Waals surface area contributed by atoms with Gasteiger partial charge in [-0.05, 0) is 44.2 Å². The fraction of sp³-hybridized carbons (Fsp3) is 0.200. The summed E-state index contributed by atoms with van der Waals surface area (Å²) in [5, 5.41) is 20.6. The Bertz CT molecular complexity index is 931. The van der Waals surface area contributed by atoms with Crippen molar-refractivity contribution in [3.63, 3.8) is 0 Å². The molecule has 1 heterocycles. The third-order valence-electron chi connectivity index (χ3n) is 4.09. The summed E-state index contributed by atoms with van der Waals surface area (Å²) in [6.07, 6.45) is 1.69. The molecule has 0 saturated heterocycles. The maximum absolute atomic E-state index is 10.4. The van der Waals surface area contributed by atoms with E-state index in [1.165, 1.54) is 11.3 Å². The summed E-state index contributed by atoms with van der Waals surface area (Å²) in [7, 11) is 0. The first-order chi connectivity index (χ1) is 12.2. The lowest BCUT2D eigenvalue weighted by atomic mass is 10.1. The second-order valence-corrected chi connectivity index (χ2v) is 6.60. The molecule has 5 heteroatoms. The Morgan fingerprint density at radius 3 is 2.64 bits per heavy atom. The minimum atomic E-state index is 0.165. The molecular weight excluding hydrogens is 330 g/mol. The number of hydrogen-bond donors (Lipinski definition) is 1. The van der Waals surface area contributed by atoms with Gasteiger partial charge in [-0.1, -0.05) is 12.1 Å². The van der Waals surface area contributed by atoms with Gasteiger partial charge in [0.15, 0.2) is 0 Å². The van der Waals surface area contributed by atoms with E-state index in [9.17, 15) is 10.4 Å². The predicted octanol–water partition coefficient (Wildman–Crippen LogP) is 4.91. The van der Waals surface area contributed by atoms with E-state index in [-0.39, 0.29) is 5.75 Å². The van der Waals surface area contributed by atoms with Crippen LogP contribution >= 0.6 is 11.3 Å². The lowest BCUT2D eigenvalue weighted by Gasteiger charge is -2.21. The van der Waals surface area contributed by atoms with Crippen LogP contribution in [0.1, 0.15) is 24.4 Å². The first kappa shape index (κ1) is 17.0. The van der Waals surface area contributed by atoms with E-state index < -0.39 is 0 Å². The summed E-state index contributed by atoms with van der Waals surface area (Å²) < 4.78 is 1.04. The Balaban J connectivity index is 1.98. The number of aromatic hydroxyl groups is 1. The van der Waals surface area contributed by atoms with Gasteiger partial charge in [-0.3, -0.25) is 0 Å². The first-order valence-electron chi connectivity index (χ1n) is 8.22. The molecule has 1 aromatic heterocycles. The highest BCUT2D eigenvalue weighted by molar-refractivity contribution is 7.19. The second-order valence-electron chi connectivity index (χ2n) is 5.57. The van der Waals surface area contributed by atoms with E-state index in [1.807, 2.05) is 36.4 Å². The summed E-state index contributed by atoms with van der Waals surface area (Å²) in [4.78, 5) is 6.68. The maximum atomic E-state index is 10.4. The predicted molar refractivity (Wildman–Crippen MR) is 105 cm³/mol. The molecule has 0 radical (unpaired) electrons. The molecule has 0 aliphatic heterocycles. The van der Waals surface area contributed by atoms with Gasteiger partial charge in [0, 0.05) is 30.4 Å². The summed E-state index contributed by atoms with van der Waals surface area (Å²) in [5.41, 5.74) is 2.92. The topological polar surface area (TPSA) is 60.2 Å². The van der Waals surface area contributed by atoms with Gasteiger partial charge in [-0.25, -0.2) is 4.98 Å². The molecule has 0 unspecified atom stereocenters. The lowest BCUT2D eigenvalue weighted by molar-refractivity contribution is 0.474. The summed E-state index contributed by atoms with van der Waals surface area (Å²) in [6, 6.07) is 15.6. The van der Waals surface area contributed by atoms with Crippen LogP contribution in [0.3, 0.4) is 0 Å². The first-order valence-corrected chi connectivity index (χ1v) is 9.03. The van der Waals surface area contributed by atoms with Gasteiger partial charge < -0.3 is 10.0 Å². The summed E-state index contributed by atoms with van der Waals surface area (Å²) >= 11 is 1.48. The number of phenolic OH excluding ortho intramolecular Hbond substituents is 1. The van der Waals surface area contributed by atoms with Gasteiger partial charge >= 0.3 is 0 Å². The highest BCUT2D eigenvalue weighted by atomic mass is 32.1. The Kier molecular flexibility index (Phi) is 5.01. The van der Waals surface area contributed by atoms with Crippen molar-refractivity contribution in [1.82, 2.24) is 4.98 Å². The fourth-order valence-electron chi connectivity index (χ4n) is 2.72. The SMILES string of the molecule is CCN(CC)c1ccc(/C=C(\C#N)c2nc3ccccc3s2)c(O)c1. The van der Waals surface area contributed by atoms with E-state index in [2.05, 4.69) is 29.8 Å². The molecule has 0 spiro atoms. The molecule has 0 bridgehead atoms. The summed E-state index contributed by atoms with van der Waals surface area (Å²) in [6.45, 7) is 5.91. The number of thiazole rings is 1. The number of anilines is 1. The summed E-state index contributed by atoms with van der Waals surface area (Å²) in [5.74, 6) is 0.165. The molecular formula is C20H19N3OS. The lowest BCUT2D eigenvalue weighted by Crippen LogP contribution is -2.21. The van der Waals surface area contributed by atoms with Crippen LogP contribution in [0.2, 0.25) is 0 Å². The zero-order valence-electron chi connectivity index (χ0n) is 14.2. The van der Waals surface area contributed by atoms with Crippen molar-refractivity contribution in [3.8, 4) is 11.8 Å². The van der Waals surface area contributed by atoms with Crippen molar-refractivity contribution >= 4 is 38.9 Å². The molecule has 2 aromatic carbocycles. The molecule has 3 rings (SSSR count). The van der Waals surface area contributed by atoms with E-state index in [0.717, 1.165) is 29.0 Å². The molecule has 0 saturated carbocycles. The average molecular weight is 349 g/mol. The van der Waals surface area contributed by atoms with E-state index >= 15 is 0 Å². The standard InChI is InChI=1S/C20H19N3OS/c1-3-23(4-2)16-10-9-14(18(24)12-16)11-15(13-21)20-22-17-7-5-6-8-19(17)25-20/h5-12,24H,3-4H2,1-2H3/b15-11+. The van der Waals surface area contributed by atoms with Crippen molar-refractivity contribution in [2.24, 2.45) is 0 Å². The number of para-hydroxylation sites is 1. The zero-order chi connectivity index (χ0) is 17.8. The molecule has 3 aromatic rings. The number of fused-ring (bicyclic) bond motifs is 1. The Labute approximate surface area is 151 Å². The maximum Gasteiger partial charge on any atom is 0.135 e. The largest absolute Gasteiger partial charge is 0.507 e. The number of nitriles is 1. The second kappa shape index (κ2) is 7.37. The highest BCUT2D eigenvalue weighted by Crippen LogP contribution is 2.31.